The van der Waals surface area contributed by atoms with Crippen LogP contribution in [-0.4, -0.2) is 47.7 Å². The summed E-state index contributed by atoms with van der Waals surface area (Å²) in [6, 6.07) is 10.2. The first-order chi connectivity index (χ1) is 18.3. The van der Waals surface area contributed by atoms with Gasteiger partial charge in [-0.2, -0.15) is 0 Å². The number of rotatable bonds is 15. The van der Waals surface area contributed by atoms with Crippen molar-refractivity contribution in [3.63, 3.8) is 0 Å². The van der Waals surface area contributed by atoms with Crippen LogP contribution in [-0.2, 0) is 16.0 Å². The number of ether oxygens (including phenoxy) is 2. The fourth-order valence-electron chi connectivity index (χ4n) is 4.33. The Kier molecular flexibility index (Phi) is 10.9. The van der Waals surface area contributed by atoms with E-state index in [-0.39, 0.29) is 6.61 Å². The molecule has 0 amide bonds. The second-order valence-electron chi connectivity index (χ2n) is 11.5. The molecule has 0 aliphatic heterocycles. The number of benzene rings is 1. The van der Waals surface area contributed by atoms with Gasteiger partial charge in [0.1, 0.15) is 28.6 Å². The van der Waals surface area contributed by atoms with Crippen LogP contribution in [0.5, 0.6) is 5.75 Å². The Morgan fingerprint density at radius 1 is 1.15 bits per heavy atom. The number of aliphatic hydroxyl groups excluding tert-OH is 1. The Morgan fingerprint density at radius 3 is 2.54 bits per heavy atom. The van der Waals surface area contributed by atoms with Crippen LogP contribution < -0.4 is 16.2 Å². The molecule has 7 nitrogen and oxygen atoms in total. The van der Waals surface area contributed by atoms with E-state index in [1.807, 2.05) is 38.1 Å². The minimum absolute atomic E-state index is 0.102. The number of nitrogens with two attached hydrogens (primary N) is 2. The van der Waals surface area contributed by atoms with Gasteiger partial charge >= 0.3 is 5.97 Å². The summed E-state index contributed by atoms with van der Waals surface area (Å²) in [5.41, 5.74) is 11.8. The highest BCUT2D eigenvalue weighted by Crippen LogP contribution is 2.41. The Hall–Kier alpha value is -2.04. The number of carbonyl (C=O) groups excluding carboxylic acids is 1. The molecule has 0 bridgehead atoms. The van der Waals surface area contributed by atoms with Gasteiger partial charge in [-0.15, -0.1) is 23.1 Å². The second kappa shape index (κ2) is 13.5. The van der Waals surface area contributed by atoms with Gasteiger partial charge in [0.15, 0.2) is 0 Å². The van der Waals surface area contributed by atoms with E-state index in [0.29, 0.717) is 12.2 Å². The van der Waals surface area contributed by atoms with Gasteiger partial charge in [0, 0.05) is 32.0 Å². The van der Waals surface area contributed by atoms with Crippen LogP contribution >= 0.6 is 23.1 Å². The molecule has 1 aromatic carbocycles. The predicted molar refractivity (Wildman–Crippen MR) is 162 cm³/mol. The van der Waals surface area contributed by atoms with E-state index < -0.39 is 29.1 Å². The number of hydrogen-bond donors (Lipinski definition) is 3. The molecule has 0 aliphatic rings. The SMILES string of the molecule is CCCCCc1cc(OC)c(-c2cc3ccc(SCC(O)COC(=O)C(CC(C)(C)N)C(C)(C)N)cc3o2)s1. The van der Waals surface area contributed by atoms with E-state index in [4.69, 9.17) is 25.4 Å². The topological polar surface area (TPSA) is 121 Å². The summed E-state index contributed by atoms with van der Waals surface area (Å²) >= 11 is 3.20. The average Bonchev–Trinajstić information content (AvgIpc) is 3.47. The molecule has 5 N–H and O–H groups in total. The van der Waals surface area contributed by atoms with Crippen molar-refractivity contribution in [3.05, 3.63) is 35.2 Å². The first-order valence-electron chi connectivity index (χ1n) is 13.6. The molecule has 0 fully saturated rings. The summed E-state index contributed by atoms with van der Waals surface area (Å²) in [5.74, 6) is 0.994. The lowest BCUT2D eigenvalue weighted by atomic mass is 9.80. The molecule has 2 unspecified atom stereocenters. The number of thiophene rings is 1. The number of thioether (sulfide) groups is 1. The summed E-state index contributed by atoms with van der Waals surface area (Å²) < 4.78 is 17.3. The fourth-order valence-corrected chi connectivity index (χ4v) is 6.28. The van der Waals surface area contributed by atoms with Gasteiger partial charge in [-0.05, 0) is 77.3 Å². The van der Waals surface area contributed by atoms with Crippen molar-refractivity contribution in [3.8, 4) is 16.4 Å². The number of aliphatic hydroxyl groups is 1. The molecule has 0 aliphatic carbocycles. The van der Waals surface area contributed by atoms with Crippen molar-refractivity contribution < 1.29 is 23.8 Å². The molecular weight excluding hydrogens is 532 g/mol. The third kappa shape index (κ3) is 9.25. The zero-order valence-corrected chi connectivity index (χ0v) is 25.7. The highest BCUT2D eigenvalue weighted by atomic mass is 32.2. The number of unbranched alkanes of at least 4 members (excludes halogenated alkanes) is 2. The zero-order chi connectivity index (χ0) is 28.8. The molecule has 0 saturated carbocycles. The monoisotopic (exact) mass is 576 g/mol. The van der Waals surface area contributed by atoms with E-state index in [0.717, 1.165) is 38.7 Å². The van der Waals surface area contributed by atoms with Crippen LogP contribution in [0, 0.1) is 5.92 Å². The Bertz CT molecular complexity index is 1220. The van der Waals surface area contributed by atoms with Crippen LogP contribution in [0.4, 0.5) is 0 Å². The molecule has 3 rings (SSSR count). The predicted octanol–water partition coefficient (Wildman–Crippen LogP) is 6.38. The van der Waals surface area contributed by atoms with E-state index in [9.17, 15) is 9.90 Å². The van der Waals surface area contributed by atoms with Crippen LogP contribution in [0.2, 0.25) is 0 Å². The Balaban J connectivity index is 1.60. The summed E-state index contributed by atoms with van der Waals surface area (Å²) in [6.07, 6.45) is 4.20. The molecule has 2 atom stereocenters. The molecule has 3 aromatic rings. The smallest absolute Gasteiger partial charge is 0.310 e. The summed E-state index contributed by atoms with van der Waals surface area (Å²) in [5, 5.41) is 11.5. The van der Waals surface area contributed by atoms with E-state index in [2.05, 4.69) is 13.0 Å². The maximum absolute atomic E-state index is 12.7. The Labute approximate surface area is 240 Å². The highest BCUT2D eigenvalue weighted by molar-refractivity contribution is 7.99. The quantitative estimate of drug-likeness (QED) is 0.108. The van der Waals surface area contributed by atoms with E-state index in [1.165, 1.54) is 35.9 Å². The van der Waals surface area contributed by atoms with Crippen molar-refractivity contribution in [2.45, 2.75) is 88.8 Å². The van der Waals surface area contributed by atoms with Gasteiger partial charge in [-0.1, -0.05) is 19.8 Å². The lowest BCUT2D eigenvalue weighted by Crippen LogP contribution is -2.50. The molecule has 216 valence electrons. The van der Waals surface area contributed by atoms with E-state index >= 15 is 0 Å². The standard InChI is InChI=1S/C30H44N2O5S2/c1-7-8-9-10-22-15-25(35-6)27(39-22)26-13-19-11-12-21(14-24(19)37-26)38-18-20(33)17-36-28(34)23(30(4,5)32)16-29(2,3)31/h11-15,20,23,33H,7-10,16-18,31-32H2,1-6H3. The molecule has 0 saturated heterocycles. The number of carbonyl (C=O) groups is 1. The van der Waals surface area contributed by atoms with Gasteiger partial charge in [0.25, 0.3) is 0 Å². The molecule has 0 spiro atoms. The molecule has 0 radical (unpaired) electrons. The molecule has 2 heterocycles. The summed E-state index contributed by atoms with van der Waals surface area (Å²) in [7, 11) is 1.69. The van der Waals surface area contributed by atoms with Crippen LogP contribution in [0.1, 0.15) is 65.2 Å². The minimum Gasteiger partial charge on any atom is -0.495 e. The minimum atomic E-state index is -0.823. The maximum Gasteiger partial charge on any atom is 0.310 e. The van der Waals surface area contributed by atoms with Gasteiger partial charge in [0.2, 0.25) is 0 Å². The van der Waals surface area contributed by atoms with Gasteiger partial charge in [0.05, 0.1) is 19.1 Å². The van der Waals surface area contributed by atoms with Crippen molar-refractivity contribution in [2.24, 2.45) is 17.4 Å². The highest BCUT2D eigenvalue weighted by Gasteiger charge is 2.36. The van der Waals surface area contributed by atoms with Crippen molar-refractivity contribution in [2.75, 3.05) is 19.5 Å². The normalized spacial score (nSPS) is 14.0. The third-order valence-electron chi connectivity index (χ3n) is 6.48. The Morgan fingerprint density at radius 2 is 1.90 bits per heavy atom. The number of esters is 1. The van der Waals surface area contributed by atoms with Gasteiger partial charge < -0.3 is 30.5 Å². The second-order valence-corrected chi connectivity index (χ2v) is 13.8. The first-order valence-corrected chi connectivity index (χ1v) is 15.4. The van der Waals surface area contributed by atoms with Crippen molar-refractivity contribution >= 4 is 40.0 Å². The average molecular weight is 577 g/mol. The lowest BCUT2D eigenvalue weighted by Gasteiger charge is -2.33. The number of hydrogen-bond acceptors (Lipinski definition) is 9. The summed E-state index contributed by atoms with van der Waals surface area (Å²) in [6.45, 7) is 9.38. The van der Waals surface area contributed by atoms with Gasteiger partial charge in [-0.25, -0.2) is 0 Å². The number of methoxy groups -OCH3 is 1. The molecular formula is C30H44N2O5S2. The maximum atomic E-state index is 12.7. The van der Waals surface area contributed by atoms with Crippen LogP contribution in [0.15, 0.2) is 39.6 Å². The van der Waals surface area contributed by atoms with Crippen molar-refractivity contribution in [1.29, 1.82) is 0 Å². The fraction of sp³-hybridized carbons (Fsp3) is 0.567. The van der Waals surface area contributed by atoms with Gasteiger partial charge in [-0.3, -0.25) is 4.79 Å². The molecule has 39 heavy (non-hydrogen) atoms. The first kappa shape index (κ1) is 31.5. The molecule has 2 aromatic heterocycles. The number of aryl methyl sites for hydroxylation is 1. The third-order valence-corrected chi connectivity index (χ3v) is 8.81. The van der Waals surface area contributed by atoms with E-state index in [1.54, 1.807) is 32.3 Å². The zero-order valence-electron chi connectivity index (χ0n) is 24.0. The van der Waals surface area contributed by atoms with Crippen LogP contribution in [0.25, 0.3) is 21.6 Å². The van der Waals surface area contributed by atoms with Crippen LogP contribution in [0.3, 0.4) is 0 Å². The van der Waals surface area contributed by atoms with Crippen molar-refractivity contribution in [1.82, 2.24) is 0 Å². The molecule has 9 heteroatoms. The largest absolute Gasteiger partial charge is 0.495 e. The number of furan rings is 1. The summed E-state index contributed by atoms with van der Waals surface area (Å²) in [4.78, 5) is 16.0. The number of fused-ring (bicyclic) bond motifs is 1. The lowest BCUT2D eigenvalue weighted by molar-refractivity contribution is -0.154.